The summed E-state index contributed by atoms with van der Waals surface area (Å²) < 4.78 is 0. The highest BCUT2D eigenvalue weighted by molar-refractivity contribution is 5.57. The van der Waals surface area contributed by atoms with Crippen molar-refractivity contribution in [1.29, 1.82) is 0 Å². The van der Waals surface area contributed by atoms with Crippen LogP contribution in [0.4, 0.5) is 0 Å². The van der Waals surface area contributed by atoms with Gasteiger partial charge in [-0.15, -0.1) is 0 Å². The van der Waals surface area contributed by atoms with Crippen LogP contribution in [0.1, 0.15) is 350 Å². The molecule has 14 aromatic carbocycles. The zero-order chi connectivity index (χ0) is 106. The number of hydrogen-bond acceptors (Lipinski definition) is 15. The number of phenolic OH excluding ortho intramolecular Hbond substituents is 15. The van der Waals surface area contributed by atoms with Gasteiger partial charge in [-0.05, 0) is 294 Å². The average Bonchev–Trinajstić information content (AvgIpc) is 0.783. The van der Waals surface area contributed by atoms with Crippen molar-refractivity contribution in [2.24, 2.45) is 5.92 Å². The Morgan fingerprint density at radius 1 is 0.217 bits per heavy atom. The van der Waals surface area contributed by atoms with Crippen LogP contribution in [0.25, 0.3) is 0 Å². The van der Waals surface area contributed by atoms with Crippen LogP contribution in [0.3, 0.4) is 0 Å². The number of aromatic hydroxyl groups is 15. The smallest absolute Gasteiger partial charge is 0.200 e. The Bertz CT molecular complexity index is 6030. The van der Waals surface area contributed by atoms with Gasteiger partial charge >= 0.3 is 0 Å². The fourth-order valence-corrected chi connectivity index (χ4v) is 17.9. The van der Waals surface area contributed by atoms with E-state index in [9.17, 15) is 76.6 Å². The summed E-state index contributed by atoms with van der Waals surface area (Å²) in [6.45, 7) is 57.3. The van der Waals surface area contributed by atoms with Gasteiger partial charge in [0, 0.05) is 44.5 Å². The zero-order valence-electron chi connectivity index (χ0n) is 89.2. The van der Waals surface area contributed by atoms with Gasteiger partial charge in [-0.1, -0.05) is 355 Å². The first-order valence-electron chi connectivity index (χ1n) is 50.0. The number of phenols is 15. The Kier molecular flexibility index (Phi) is 39.3. The van der Waals surface area contributed by atoms with Crippen molar-refractivity contribution >= 4 is 0 Å². The normalized spacial score (nSPS) is 12.1. The quantitative estimate of drug-likeness (QED) is 0.0250. The van der Waals surface area contributed by atoms with E-state index >= 15 is 0 Å². The number of rotatable bonds is 24. The third kappa shape index (κ3) is 29.2. The minimum Gasteiger partial charge on any atom is -0.508 e. The molecule has 0 bridgehead atoms. The monoisotopic (exact) mass is 1940 g/mol. The molecular weight excluding hydrogens is 1780 g/mol. The second-order valence-corrected chi connectivity index (χ2v) is 42.7. The Morgan fingerprint density at radius 3 is 0.678 bits per heavy atom. The van der Waals surface area contributed by atoms with Crippen LogP contribution in [0.2, 0.25) is 0 Å². The predicted molar refractivity (Wildman–Crippen MR) is 588 cm³/mol. The van der Waals surface area contributed by atoms with E-state index in [2.05, 4.69) is 209 Å². The lowest BCUT2D eigenvalue weighted by Crippen LogP contribution is -2.25. The van der Waals surface area contributed by atoms with E-state index in [-0.39, 0.29) is 90.7 Å². The SMILES string of the molecule is CC(C)(c1ccc(O)cc1)c1ccc(O)cc1.CC(C)CC(C)(c1ccc(O)cc1)c1ccc(O)cc1.CC(C)c1cc(C(C)(C)c2ccc(O)c(C(C)C)c2)ccc1O.CC(C)c1cc(C(C)(C)c2ccc(O)c(C(C)C)c2)ccc1O.CCC(C)c1cc(C(C)(C)c2ccc(O)c(C(C)CC)c2)ccc1O.Cc1cc(C(C)(C)c2ccc(O)c(C)c2)ccc1O.Oc1ccc(Cc2ccccc2)c(O)c1O. The molecule has 15 N–H and O–H groups in total. The maximum atomic E-state index is 10.2. The topological polar surface area (TPSA) is 303 Å². The molecule has 0 aliphatic heterocycles. The van der Waals surface area contributed by atoms with Crippen molar-refractivity contribution in [3.05, 3.63) is 408 Å². The average molecular weight is 1940 g/mol. The summed E-state index contributed by atoms with van der Waals surface area (Å²) >= 11 is 0. The van der Waals surface area contributed by atoms with E-state index in [0.717, 1.165) is 91.6 Å². The zero-order valence-corrected chi connectivity index (χ0v) is 89.2. The first kappa shape index (κ1) is 114. The van der Waals surface area contributed by atoms with E-state index in [1.54, 1.807) is 91.0 Å². The van der Waals surface area contributed by atoms with E-state index < -0.39 is 5.75 Å². The third-order valence-electron chi connectivity index (χ3n) is 28.6. The summed E-state index contributed by atoms with van der Waals surface area (Å²) in [4.78, 5) is 0. The van der Waals surface area contributed by atoms with Gasteiger partial charge in [-0.25, -0.2) is 0 Å². The molecule has 760 valence electrons. The summed E-state index contributed by atoms with van der Waals surface area (Å²) in [5, 5.41) is 146. The summed E-state index contributed by atoms with van der Waals surface area (Å²) in [5.41, 5.74) is 22.1. The number of hydrogen-bond donors (Lipinski definition) is 15. The highest BCUT2D eigenvalue weighted by Gasteiger charge is 2.34. The predicted octanol–water partition coefficient (Wildman–Crippen LogP) is 32.1. The standard InChI is InChI=1S/C23H32O2.2C21H28O2.C18H22O2.C17H20O2.C15H16O2.C13H12O3/c1-7-15(3)19-13-17(9-11-21(19)24)23(5,6)18-10-12-22(25)20(14-18)16(4)8-2;2*1-13(2)17-11-15(7-9-19(17)22)21(5,6)16-8-10-20(23)18(12-16)14(3)4;1-13(2)12-18(3,14-4-8-16(19)9-5-14)15-6-10-17(20)11-7-15;1-11-9-13(5-7-15(11)18)17(3,4)14-6-8-16(19)12(2)10-14;1-15(2,11-3-7-13(16)8-4-11)12-5-9-14(17)10-6-12;14-11-7-6-10(12(15)13(11)16)8-9-4-2-1-3-5-9/h9-16,24-25H,7-8H2,1-6H3;2*7-14,22-23H,1-6H3;4-11,13,19-20H,12H2,1-3H3;5-10,18-19H,1-4H3;3-10,16-17H,1-2H3;1-7,14-16H,8H2. The summed E-state index contributed by atoms with van der Waals surface area (Å²) in [6, 6.07) is 88.7. The van der Waals surface area contributed by atoms with Crippen LogP contribution in [0, 0.1) is 19.8 Å². The minimum atomic E-state index is -0.464. The molecule has 0 radical (unpaired) electrons. The molecule has 2 atom stereocenters. The lowest BCUT2D eigenvalue weighted by atomic mass is 9.71. The van der Waals surface area contributed by atoms with Gasteiger partial charge in [-0.2, -0.15) is 0 Å². The first-order chi connectivity index (χ1) is 66.9. The highest BCUT2D eigenvalue weighted by Crippen LogP contribution is 2.47. The molecule has 0 aliphatic rings. The van der Waals surface area contributed by atoms with Gasteiger partial charge in [0.1, 0.15) is 69.0 Å². The van der Waals surface area contributed by atoms with Crippen LogP contribution >= 0.6 is 0 Å². The minimum absolute atomic E-state index is 0.129. The van der Waals surface area contributed by atoms with Crippen molar-refractivity contribution in [3.8, 4) is 86.2 Å². The van der Waals surface area contributed by atoms with Crippen molar-refractivity contribution in [1.82, 2.24) is 0 Å². The Labute approximate surface area is 851 Å². The molecule has 15 heteroatoms. The van der Waals surface area contributed by atoms with Crippen LogP contribution in [-0.2, 0) is 38.9 Å². The van der Waals surface area contributed by atoms with Crippen molar-refractivity contribution < 1.29 is 76.6 Å². The Balaban J connectivity index is 0.000000205. The second kappa shape index (κ2) is 49.2. The maximum Gasteiger partial charge on any atom is 0.200 e. The molecule has 15 nitrogen and oxygen atoms in total. The highest BCUT2D eigenvalue weighted by atomic mass is 16.3. The number of aryl methyl sites for hydroxylation is 2. The Morgan fingerprint density at radius 2 is 0.434 bits per heavy atom. The van der Waals surface area contributed by atoms with E-state index in [1.165, 1.54) is 50.6 Å². The van der Waals surface area contributed by atoms with Crippen molar-refractivity contribution in [3.63, 3.8) is 0 Å². The van der Waals surface area contributed by atoms with Gasteiger partial charge in [0.05, 0.1) is 0 Å². The van der Waals surface area contributed by atoms with E-state index in [1.807, 2.05) is 166 Å². The molecule has 0 heterocycles. The summed E-state index contributed by atoms with van der Waals surface area (Å²) in [7, 11) is 0. The Hall–Kier alpha value is -13.9. The van der Waals surface area contributed by atoms with Gasteiger partial charge in [0.2, 0.25) is 5.75 Å². The molecule has 0 spiro atoms. The maximum absolute atomic E-state index is 10.2. The molecule has 2 unspecified atom stereocenters. The van der Waals surface area contributed by atoms with Crippen LogP contribution in [0.15, 0.2) is 285 Å². The molecule has 0 aliphatic carbocycles. The second-order valence-electron chi connectivity index (χ2n) is 42.7. The van der Waals surface area contributed by atoms with Crippen LogP contribution < -0.4 is 0 Å². The third-order valence-corrected chi connectivity index (χ3v) is 28.6. The fraction of sp³-hybridized carbons (Fsp3) is 0.344. The van der Waals surface area contributed by atoms with Crippen molar-refractivity contribution in [2.45, 2.75) is 281 Å². The van der Waals surface area contributed by atoms with Gasteiger partial charge in [0.15, 0.2) is 11.5 Å². The summed E-state index contributed by atoms with van der Waals surface area (Å²) in [5.74, 6) is 5.18. The lowest BCUT2D eigenvalue weighted by Gasteiger charge is -2.33. The van der Waals surface area contributed by atoms with Crippen LogP contribution in [-0.4, -0.2) is 76.6 Å². The molecule has 0 saturated carbocycles. The number of benzene rings is 14. The lowest BCUT2D eigenvalue weighted by molar-refractivity contribution is 0.365. The van der Waals surface area contributed by atoms with Crippen LogP contribution in [0.5, 0.6) is 86.2 Å². The largest absolute Gasteiger partial charge is 0.508 e. The molecule has 14 aromatic rings. The van der Waals surface area contributed by atoms with Crippen molar-refractivity contribution in [2.75, 3.05) is 0 Å². The molecule has 0 aromatic heterocycles. The van der Waals surface area contributed by atoms with E-state index in [0.29, 0.717) is 75.7 Å². The fourth-order valence-electron chi connectivity index (χ4n) is 17.9. The molecule has 0 fully saturated rings. The van der Waals surface area contributed by atoms with Gasteiger partial charge < -0.3 is 76.6 Å². The van der Waals surface area contributed by atoms with Gasteiger partial charge in [-0.3, -0.25) is 0 Å². The van der Waals surface area contributed by atoms with Gasteiger partial charge in [0.25, 0.3) is 0 Å². The molecule has 0 saturated heterocycles. The molecule has 0 amide bonds. The molecule has 14 rings (SSSR count). The first-order valence-corrected chi connectivity index (χ1v) is 50.0. The molecular formula is C128H158O15. The van der Waals surface area contributed by atoms with E-state index in [4.69, 9.17) is 0 Å². The summed E-state index contributed by atoms with van der Waals surface area (Å²) in [6.07, 6.45) is 3.51. The molecule has 143 heavy (non-hydrogen) atoms.